The summed E-state index contributed by atoms with van der Waals surface area (Å²) in [6.45, 7) is 4.71. The highest BCUT2D eigenvalue weighted by atomic mass is 127. The van der Waals surface area contributed by atoms with Crippen molar-refractivity contribution in [2.75, 3.05) is 11.9 Å². The SMILES string of the molecule is CC(C)(CBr)CNC(=O)c1ccc(I)c(O)c1. The molecular weight excluding hydrogens is 397 g/mol. The molecule has 0 heterocycles. The number of carbonyl (C=O) groups is 1. The van der Waals surface area contributed by atoms with E-state index in [1.165, 1.54) is 6.07 Å². The van der Waals surface area contributed by atoms with Crippen LogP contribution in [-0.2, 0) is 0 Å². The molecule has 5 heteroatoms. The minimum Gasteiger partial charge on any atom is -0.507 e. The second kappa shape index (κ2) is 6.04. The van der Waals surface area contributed by atoms with E-state index in [1.807, 2.05) is 22.6 Å². The summed E-state index contributed by atoms with van der Waals surface area (Å²) in [6.07, 6.45) is 0. The highest BCUT2D eigenvalue weighted by molar-refractivity contribution is 14.1. The molecule has 0 bridgehead atoms. The molecule has 0 aliphatic carbocycles. The fourth-order valence-electron chi connectivity index (χ4n) is 1.12. The van der Waals surface area contributed by atoms with Crippen LogP contribution in [0, 0.1) is 8.99 Å². The highest BCUT2D eigenvalue weighted by Gasteiger charge is 2.17. The van der Waals surface area contributed by atoms with Gasteiger partial charge in [0.2, 0.25) is 0 Å². The van der Waals surface area contributed by atoms with Gasteiger partial charge in [-0.1, -0.05) is 29.8 Å². The van der Waals surface area contributed by atoms with Crippen LogP contribution in [0.15, 0.2) is 18.2 Å². The third kappa shape index (κ3) is 4.46. The first kappa shape index (κ1) is 14.8. The third-order valence-corrected chi connectivity index (χ3v) is 4.73. The standard InChI is InChI=1S/C12H15BrINO2/c1-12(2,6-13)7-15-11(17)8-3-4-9(14)10(16)5-8/h3-5,16H,6-7H2,1-2H3,(H,15,17). The Labute approximate surface area is 123 Å². The summed E-state index contributed by atoms with van der Waals surface area (Å²) in [6, 6.07) is 4.91. The summed E-state index contributed by atoms with van der Waals surface area (Å²) in [5, 5.41) is 13.2. The van der Waals surface area contributed by atoms with Crippen LogP contribution in [0.4, 0.5) is 0 Å². The van der Waals surface area contributed by atoms with E-state index in [0.717, 1.165) is 8.90 Å². The van der Waals surface area contributed by atoms with Gasteiger partial charge in [-0.2, -0.15) is 0 Å². The maximum atomic E-state index is 11.8. The molecule has 0 spiro atoms. The lowest BCUT2D eigenvalue weighted by atomic mass is 9.97. The normalized spacial score (nSPS) is 11.3. The average molecular weight is 412 g/mol. The Kier molecular flexibility index (Phi) is 5.24. The van der Waals surface area contributed by atoms with E-state index in [2.05, 4.69) is 35.1 Å². The van der Waals surface area contributed by atoms with Gasteiger partial charge in [-0.25, -0.2) is 0 Å². The number of aromatic hydroxyl groups is 1. The number of benzene rings is 1. The van der Waals surface area contributed by atoms with Crippen molar-refractivity contribution in [3.05, 3.63) is 27.3 Å². The Morgan fingerprint density at radius 3 is 2.71 bits per heavy atom. The fourth-order valence-corrected chi connectivity index (χ4v) is 1.66. The topological polar surface area (TPSA) is 49.3 Å². The van der Waals surface area contributed by atoms with E-state index in [0.29, 0.717) is 12.1 Å². The summed E-state index contributed by atoms with van der Waals surface area (Å²) in [5.41, 5.74) is 0.495. The first-order chi connectivity index (χ1) is 7.85. The van der Waals surface area contributed by atoms with Crippen molar-refractivity contribution in [1.29, 1.82) is 0 Å². The van der Waals surface area contributed by atoms with Crippen molar-refractivity contribution in [3.63, 3.8) is 0 Å². The Morgan fingerprint density at radius 2 is 2.18 bits per heavy atom. The lowest BCUT2D eigenvalue weighted by molar-refractivity contribution is 0.0940. The Balaban J connectivity index is 2.68. The first-order valence-corrected chi connectivity index (χ1v) is 7.38. The predicted molar refractivity (Wildman–Crippen MR) is 80.7 cm³/mol. The molecule has 1 rings (SSSR count). The number of amides is 1. The maximum Gasteiger partial charge on any atom is 0.251 e. The Bertz CT molecular complexity index is 421. The van der Waals surface area contributed by atoms with Crippen LogP contribution < -0.4 is 5.32 Å². The van der Waals surface area contributed by atoms with E-state index in [1.54, 1.807) is 12.1 Å². The number of alkyl halides is 1. The molecule has 3 nitrogen and oxygen atoms in total. The molecule has 0 aliphatic rings. The van der Waals surface area contributed by atoms with Crippen LogP contribution in [-0.4, -0.2) is 22.9 Å². The van der Waals surface area contributed by atoms with Gasteiger partial charge in [-0.05, 0) is 46.2 Å². The van der Waals surface area contributed by atoms with Gasteiger partial charge in [-0.3, -0.25) is 4.79 Å². The van der Waals surface area contributed by atoms with E-state index < -0.39 is 0 Å². The fraction of sp³-hybridized carbons (Fsp3) is 0.417. The van der Waals surface area contributed by atoms with Crippen LogP contribution >= 0.6 is 38.5 Å². The molecule has 0 aliphatic heterocycles. The number of phenols is 1. The lowest BCUT2D eigenvalue weighted by Gasteiger charge is -2.21. The van der Waals surface area contributed by atoms with Gasteiger partial charge < -0.3 is 10.4 Å². The number of halogens is 2. The van der Waals surface area contributed by atoms with Gasteiger partial charge in [0.05, 0.1) is 3.57 Å². The third-order valence-electron chi connectivity index (χ3n) is 2.30. The van der Waals surface area contributed by atoms with Crippen molar-refractivity contribution in [3.8, 4) is 5.75 Å². The van der Waals surface area contributed by atoms with Gasteiger partial charge in [0.1, 0.15) is 5.75 Å². The first-order valence-electron chi connectivity index (χ1n) is 5.18. The molecule has 1 amide bonds. The molecule has 1 aromatic carbocycles. The summed E-state index contributed by atoms with van der Waals surface area (Å²) in [4.78, 5) is 11.8. The minimum atomic E-state index is -0.161. The zero-order chi connectivity index (χ0) is 13.1. The minimum absolute atomic E-state index is 0.0148. The van der Waals surface area contributed by atoms with Crippen molar-refractivity contribution in [2.45, 2.75) is 13.8 Å². The molecule has 0 aromatic heterocycles. The number of carbonyl (C=O) groups excluding carboxylic acids is 1. The second-order valence-electron chi connectivity index (χ2n) is 4.65. The summed E-state index contributed by atoms with van der Waals surface area (Å²) in [5.74, 6) is -0.0243. The van der Waals surface area contributed by atoms with E-state index >= 15 is 0 Å². The molecule has 1 aromatic rings. The van der Waals surface area contributed by atoms with E-state index in [-0.39, 0.29) is 17.1 Å². The number of hydrogen-bond acceptors (Lipinski definition) is 2. The van der Waals surface area contributed by atoms with Gasteiger partial charge in [0.25, 0.3) is 5.91 Å². The van der Waals surface area contributed by atoms with Gasteiger partial charge in [-0.15, -0.1) is 0 Å². The predicted octanol–water partition coefficient (Wildman–Crippen LogP) is 3.15. The molecule has 0 fully saturated rings. The molecule has 2 N–H and O–H groups in total. The Morgan fingerprint density at radius 1 is 1.53 bits per heavy atom. The second-order valence-corrected chi connectivity index (χ2v) is 6.37. The number of hydrogen-bond donors (Lipinski definition) is 2. The molecule has 0 saturated carbocycles. The van der Waals surface area contributed by atoms with Crippen molar-refractivity contribution in [2.24, 2.45) is 5.41 Å². The molecular formula is C12H15BrINO2. The van der Waals surface area contributed by atoms with Crippen molar-refractivity contribution >= 4 is 44.4 Å². The van der Waals surface area contributed by atoms with E-state index in [4.69, 9.17) is 0 Å². The lowest BCUT2D eigenvalue weighted by Crippen LogP contribution is -2.34. The van der Waals surface area contributed by atoms with Crippen molar-refractivity contribution in [1.82, 2.24) is 5.32 Å². The van der Waals surface area contributed by atoms with Gasteiger partial charge in [0.15, 0.2) is 0 Å². The quantitative estimate of drug-likeness (QED) is 0.590. The molecule has 0 atom stereocenters. The van der Waals surface area contributed by atoms with Crippen molar-refractivity contribution < 1.29 is 9.90 Å². The molecule has 0 unspecified atom stereocenters. The van der Waals surface area contributed by atoms with Gasteiger partial charge in [0, 0.05) is 17.4 Å². The smallest absolute Gasteiger partial charge is 0.251 e. The summed E-state index contributed by atoms with van der Waals surface area (Å²) < 4.78 is 0.736. The van der Waals surface area contributed by atoms with Crippen LogP contribution in [0.25, 0.3) is 0 Å². The summed E-state index contributed by atoms with van der Waals surface area (Å²) in [7, 11) is 0. The monoisotopic (exact) mass is 411 g/mol. The van der Waals surface area contributed by atoms with Crippen LogP contribution in [0.3, 0.4) is 0 Å². The van der Waals surface area contributed by atoms with Gasteiger partial charge >= 0.3 is 0 Å². The molecule has 94 valence electrons. The summed E-state index contributed by atoms with van der Waals surface area (Å²) >= 11 is 5.42. The maximum absolute atomic E-state index is 11.8. The molecule has 0 saturated heterocycles. The van der Waals surface area contributed by atoms with Crippen LogP contribution in [0.2, 0.25) is 0 Å². The highest BCUT2D eigenvalue weighted by Crippen LogP contribution is 2.21. The number of rotatable bonds is 4. The Hall–Kier alpha value is -0.300. The van der Waals surface area contributed by atoms with E-state index in [9.17, 15) is 9.90 Å². The molecule has 0 radical (unpaired) electrons. The largest absolute Gasteiger partial charge is 0.507 e. The average Bonchev–Trinajstić information content (AvgIpc) is 2.30. The van der Waals surface area contributed by atoms with Crippen LogP contribution in [0.1, 0.15) is 24.2 Å². The number of phenolic OH excluding ortho intramolecular Hbond substituents is 1. The number of nitrogens with one attached hydrogen (secondary N) is 1. The van der Waals surface area contributed by atoms with Crippen LogP contribution in [0.5, 0.6) is 5.75 Å². The zero-order valence-electron chi connectivity index (χ0n) is 9.76. The molecule has 17 heavy (non-hydrogen) atoms. The zero-order valence-corrected chi connectivity index (χ0v) is 13.5.